The van der Waals surface area contributed by atoms with Gasteiger partial charge in [-0.15, -0.1) is 0 Å². The first kappa shape index (κ1) is 8.97. The zero-order valence-corrected chi connectivity index (χ0v) is 7.21. The summed E-state index contributed by atoms with van der Waals surface area (Å²) in [6.45, 7) is 6.94. The molecule has 1 rings (SSSR count). The van der Waals surface area contributed by atoms with E-state index in [1.54, 1.807) is 0 Å². The third kappa shape index (κ3) is 3.18. The summed E-state index contributed by atoms with van der Waals surface area (Å²) in [6, 6.07) is 0. The van der Waals surface area contributed by atoms with E-state index in [-0.39, 0.29) is 0 Å². The van der Waals surface area contributed by atoms with Gasteiger partial charge in [-0.05, 0) is 13.8 Å². The van der Waals surface area contributed by atoms with Gasteiger partial charge >= 0.3 is 0 Å². The Morgan fingerprint density at radius 3 is 1.82 bits per heavy atom. The molecule has 1 fully saturated rings. The highest BCUT2D eigenvalue weighted by Gasteiger charge is 2.38. The second-order valence-corrected chi connectivity index (χ2v) is 2.53. The van der Waals surface area contributed by atoms with Crippen LogP contribution in [0.5, 0.6) is 0 Å². The van der Waals surface area contributed by atoms with Crippen molar-refractivity contribution in [2.75, 3.05) is 26.4 Å². The molecule has 3 nitrogen and oxygen atoms in total. The van der Waals surface area contributed by atoms with E-state index >= 15 is 0 Å². The van der Waals surface area contributed by atoms with E-state index in [9.17, 15) is 0 Å². The van der Waals surface area contributed by atoms with Crippen molar-refractivity contribution in [2.24, 2.45) is 0 Å². The molecule has 0 aromatic heterocycles. The molecule has 0 aliphatic carbocycles. The zero-order chi connectivity index (χ0) is 8.10. The lowest BCUT2D eigenvalue weighted by molar-refractivity contribution is 0.125. The van der Waals surface area contributed by atoms with Gasteiger partial charge in [-0.25, -0.2) is 0 Å². The summed E-state index contributed by atoms with van der Waals surface area (Å²) in [4.78, 5) is 0. The van der Waals surface area contributed by atoms with Crippen LogP contribution in [0.2, 0.25) is 0 Å². The minimum Gasteiger partial charge on any atom is -0.379 e. The van der Waals surface area contributed by atoms with E-state index in [2.05, 4.69) is 0 Å². The average molecular weight is 160 g/mol. The van der Waals surface area contributed by atoms with Crippen LogP contribution in [0.3, 0.4) is 0 Å². The van der Waals surface area contributed by atoms with Crippen molar-refractivity contribution < 1.29 is 14.2 Å². The molecule has 0 N–H and O–H groups in total. The Hall–Kier alpha value is -0.120. The van der Waals surface area contributed by atoms with Gasteiger partial charge in [0, 0.05) is 13.2 Å². The highest BCUT2D eigenvalue weighted by Crippen LogP contribution is 2.22. The zero-order valence-electron chi connectivity index (χ0n) is 7.21. The Morgan fingerprint density at radius 1 is 1.00 bits per heavy atom. The van der Waals surface area contributed by atoms with E-state index < -0.39 is 0 Å². The lowest BCUT2D eigenvalue weighted by Gasteiger charge is -1.96. The molecule has 0 aromatic carbocycles. The number of hydrogen-bond donors (Lipinski definition) is 0. The van der Waals surface area contributed by atoms with Crippen LogP contribution >= 0.6 is 0 Å². The first-order chi connectivity index (χ1) is 5.38. The number of epoxide rings is 1. The van der Waals surface area contributed by atoms with Crippen molar-refractivity contribution in [1.82, 2.24) is 0 Å². The van der Waals surface area contributed by atoms with Gasteiger partial charge in [-0.3, -0.25) is 0 Å². The fraction of sp³-hybridized carbons (Fsp3) is 1.00. The van der Waals surface area contributed by atoms with Crippen LogP contribution in [0.1, 0.15) is 13.8 Å². The Kier molecular flexibility index (Phi) is 3.83. The summed E-state index contributed by atoms with van der Waals surface area (Å²) in [5, 5.41) is 0. The Morgan fingerprint density at radius 2 is 1.45 bits per heavy atom. The van der Waals surface area contributed by atoms with Crippen LogP contribution in [0.25, 0.3) is 0 Å². The molecule has 66 valence electrons. The molecule has 2 atom stereocenters. The summed E-state index contributed by atoms with van der Waals surface area (Å²) in [5.41, 5.74) is 0. The largest absolute Gasteiger partial charge is 0.379 e. The molecule has 11 heavy (non-hydrogen) atoms. The molecule has 3 heteroatoms. The van der Waals surface area contributed by atoms with Crippen molar-refractivity contribution in [3.8, 4) is 0 Å². The van der Waals surface area contributed by atoms with Crippen LogP contribution in [0, 0.1) is 0 Å². The molecule has 1 heterocycles. The predicted octanol–water partition coefficient (Wildman–Crippen LogP) is 0.827. The highest BCUT2D eigenvalue weighted by atomic mass is 16.6. The molecule has 0 amide bonds. The molecule has 1 aliphatic heterocycles. The Labute approximate surface area is 67.6 Å². The molecule has 0 bridgehead atoms. The number of hydrogen-bond acceptors (Lipinski definition) is 3. The second kappa shape index (κ2) is 4.70. The smallest absolute Gasteiger partial charge is 0.110 e. The fourth-order valence-electron chi connectivity index (χ4n) is 0.940. The normalized spacial score (nSPS) is 28.9. The molecule has 0 saturated carbocycles. The topological polar surface area (TPSA) is 31.0 Å². The summed E-state index contributed by atoms with van der Waals surface area (Å²) in [6.07, 6.45) is 0.586. The maximum Gasteiger partial charge on any atom is 0.110 e. The number of ether oxygens (including phenoxy) is 3. The Balaban J connectivity index is 1.89. The highest BCUT2D eigenvalue weighted by molar-refractivity contribution is 4.84. The van der Waals surface area contributed by atoms with Gasteiger partial charge in [0.15, 0.2) is 0 Å². The summed E-state index contributed by atoms with van der Waals surface area (Å²) >= 11 is 0. The van der Waals surface area contributed by atoms with E-state index in [4.69, 9.17) is 14.2 Å². The van der Waals surface area contributed by atoms with Gasteiger partial charge in [0.05, 0.1) is 13.2 Å². The van der Waals surface area contributed by atoms with Crippen LogP contribution < -0.4 is 0 Å². The van der Waals surface area contributed by atoms with E-state index in [0.29, 0.717) is 25.4 Å². The molecule has 0 spiro atoms. The minimum atomic E-state index is 0.293. The van der Waals surface area contributed by atoms with Gasteiger partial charge in [0.1, 0.15) is 12.2 Å². The van der Waals surface area contributed by atoms with Crippen molar-refractivity contribution in [1.29, 1.82) is 0 Å². The molecule has 0 aromatic rings. The van der Waals surface area contributed by atoms with Crippen molar-refractivity contribution in [3.05, 3.63) is 0 Å². The lowest BCUT2D eigenvalue weighted by atomic mass is 10.3. The van der Waals surface area contributed by atoms with Crippen molar-refractivity contribution in [2.45, 2.75) is 26.1 Å². The minimum absolute atomic E-state index is 0.293. The third-order valence-electron chi connectivity index (χ3n) is 1.66. The molecular formula is C8H16O3. The van der Waals surface area contributed by atoms with E-state index in [1.165, 1.54) is 0 Å². The maximum atomic E-state index is 5.27. The van der Waals surface area contributed by atoms with Gasteiger partial charge in [-0.1, -0.05) is 0 Å². The summed E-state index contributed by atoms with van der Waals surface area (Å²) in [5.74, 6) is 0. The van der Waals surface area contributed by atoms with Crippen LogP contribution in [-0.4, -0.2) is 38.6 Å². The van der Waals surface area contributed by atoms with E-state index in [1.807, 2.05) is 13.8 Å². The first-order valence-electron chi connectivity index (χ1n) is 4.19. The molecule has 0 radical (unpaired) electrons. The monoisotopic (exact) mass is 160 g/mol. The van der Waals surface area contributed by atoms with Gasteiger partial charge < -0.3 is 14.2 Å². The fourth-order valence-corrected chi connectivity index (χ4v) is 0.940. The van der Waals surface area contributed by atoms with Gasteiger partial charge in [-0.2, -0.15) is 0 Å². The average Bonchev–Trinajstić information content (AvgIpc) is 2.76. The summed E-state index contributed by atoms with van der Waals surface area (Å²) < 4.78 is 15.6. The molecule has 1 saturated heterocycles. The molecule has 1 aliphatic rings. The van der Waals surface area contributed by atoms with Crippen LogP contribution in [0.15, 0.2) is 0 Å². The molecular weight excluding hydrogens is 144 g/mol. The number of rotatable bonds is 6. The Bertz CT molecular complexity index is 93.5. The van der Waals surface area contributed by atoms with Crippen molar-refractivity contribution >= 4 is 0 Å². The van der Waals surface area contributed by atoms with Crippen molar-refractivity contribution in [3.63, 3.8) is 0 Å². The second-order valence-electron chi connectivity index (χ2n) is 2.53. The van der Waals surface area contributed by atoms with Crippen LogP contribution in [-0.2, 0) is 14.2 Å². The predicted molar refractivity (Wildman–Crippen MR) is 41.6 cm³/mol. The standard InChI is InChI=1S/C8H16O3/c1-3-9-5-7-8(11-7)6-10-4-2/h7-8H,3-6H2,1-2H3/t7-,8-/m0/s1. The van der Waals surface area contributed by atoms with Gasteiger partial charge in [0.25, 0.3) is 0 Å². The maximum absolute atomic E-state index is 5.27. The van der Waals surface area contributed by atoms with Crippen LogP contribution in [0.4, 0.5) is 0 Å². The van der Waals surface area contributed by atoms with E-state index in [0.717, 1.165) is 13.2 Å². The summed E-state index contributed by atoms with van der Waals surface area (Å²) in [7, 11) is 0. The first-order valence-corrected chi connectivity index (χ1v) is 4.19. The third-order valence-corrected chi connectivity index (χ3v) is 1.66. The quantitative estimate of drug-likeness (QED) is 0.539. The lowest BCUT2D eigenvalue weighted by Crippen LogP contribution is -2.09. The molecule has 0 unspecified atom stereocenters. The van der Waals surface area contributed by atoms with Gasteiger partial charge in [0.2, 0.25) is 0 Å². The SMILES string of the molecule is CCOC[C@@H]1O[C@H]1COCC.